The van der Waals surface area contributed by atoms with Gasteiger partial charge in [-0.2, -0.15) is 0 Å². The van der Waals surface area contributed by atoms with Crippen molar-refractivity contribution < 1.29 is 19.4 Å². The van der Waals surface area contributed by atoms with Gasteiger partial charge in [0.1, 0.15) is 12.4 Å². The quantitative estimate of drug-likeness (QED) is 0.381. The third-order valence-corrected chi connectivity index (χ3v) is 7.76. The molecule has 1 aliphatic heterocycles. The SMILES string of the molecule is O=C(O)c1ccc(/C=C(\CNC2CCN(C(=O)C3CCCCC3)C2)COc2cccc3ccccc23)cc1. The molecule has 2 fully saturated rings. The molecule has 3 aromatic carbocycles. The van der Waals surface area contributed by atoms with Crippen LogP contribution in [0, 0.1) is 5.92 Å². The van der Waals surface area contributed by atoms with Gasteiger partial charge in [-0.1, -0.05) is 73.9 Å². The number of hydrogen-bond donors (Lipinski definition) is 2. The molecule has 0 aromatic heterocycles. The Labute approximate surface area is 224 Å². The minimum atomic E-state index is -0.935. The summed E-state index contributed by atoms with van der Waals surface area (Å²) in [6.07, 6.45) is 8.67. The fraction of sp³-hybridized carbons (Fsp3) is 0.375. The lowest BCUT2D eigenvalue weighted by Crippen LogP contribution is -2.39. The second-order valence-corrected chi connectivity index (χ2v) is 10.5. The number of carbonyl (C=O) groups excluding carboxylic acids is 1. The van der Waals surface area contributed by atoms with E-state index in [0.717, 1.165) is 60.0 Å². The predicted octanol–water partition coefficient (Wildman–Crippen LogP) is 5.77. The van der Waals surface area contributed by atoms with Gasteiger partial charge < -0.3 is 20.1 Å². The van der Waals surface area contributed by atoms with E-state index in [1.54, 1.807) is 12.1 Å². The summed E-state index contributed by atoms with van der Waals surface area (Å²) < 4.78 is 6.30. The molecule has 1 aliphatic carbocycles. The molecule has 1 atom stereocenters. The molecule has 1 saturated carbocycles. The zero-order chi connectivity index (χ0) is 26.3. The van der Waals surface area contributed by atoms with Crippen molar-refractivity contribution in [1.82, 2.24) is 10.2 Å². The number of carboxylic acid groups (broad SMARTS) is 1. The molecule has 6 heteroatoms. The molecule has 1 saturated heterocycles. The maximum Gasteiger partial charge on any atom is 0.335 e. The van der Waals surface area contributed by atoms with Crippen LogP contribution in [0.1, 0.15) is 54.4 Å². The van der Waals surface area contributed by atoms with E-state index in [4.69, 9.17) is 4.74 Å². The summed E-state index contributed by atoms with van der Waals surface area (Å²) in [7, 11) is 0. The lowest BCUT2D eigenvalue weighted by atomic mass is 9.88. The number of rotatable bonds is 9. The van der Waals surface area contributed by atoms with E-state index >= 15 is 0 Å². The van der Waals surface area contributed by atoms with Gasteiger partial charge in [-0.3, -0.25) is 4.79 Å². The second-order valence-electron chi connectivity index (χ2n) is 10.5. The maximum absolute atomic E-state index is 13.0. The fourth-order valence-electron chi connectivity index (χ4n) is 5.60. The van der Waals surface area contributed by atoms with Crippen LogP contribution in [-0.2, 0) is 4.79 Å². The fourth-order valence-corrected chi connectivity index (χ4v) is 5.60. The standard InChI is InChI=1S/C32H36N2O4/c35-31(26-8-2-1-3-9-26)34-18-17-28(21-34)33-20-24(19-23-13-15-27(16-14-23)32(36)37)22-38-30-12-6-10-25-7-4-5-11-29(25)30/h4-7,10-16,19,26,28,33H,1-3,8-9,17-18,20-22H2,(H,36,37)/b24-19+. The number of nitrogens with one attached hydrogen (secondary N) is 1. The molecule has 1 unspecified atom stereocenters. The van der Waals surface area contributed by atoms with Gasteiger partial charge >= 0.3 is 5.97 Å². The first-order chi connectivity index (χ1) is 18.6. The number of fused-ring (bicyclic) bond motifs is 1. The van der Waals surface area contributed by atoms with Gasteiger partial charge in [0.2, 0.25) is 5.91 Å². The number of aromatic carboxylic acids is 1. The van der Waals surface area contributed by atoms with Crippen LogP contribution in [-0.4, -0.2) is 54.2 Å². The lowest BCUT2D eigenvalue weighted by Gasteiger charge is -2.26. The van der Waals surface area contributed by atoms with Crippen molar-refractivity contribution in [2.45, 2.75) is 44.6 Å². The summed E-state index contributed by atoms with van der Waals surface area (Å²) in [5.41, 5.74) is 2.24. The molecule has 198 valence electrons. The highest BCUT2D eigenvalue weighted by molar-refractivity contribution is 5.88. The highest BCUT2D eigenvalue weighted by Crippen LogP contribution is 2.28. The molecule has 6 nitrogen and oxygen atoms in total. The Kier molecular flexibility index (Phi) is 8.39. The average Bonchev–Trinajstić information content (AvgIpc) is 3.44. The number of likely N-dealkylation sites (tertiary alicyclic amines) is 1. The minimum absolute atomic E-state index is 0.209. The first-order valence-electron chi connectivity index (χ1n) is 13.7. The normalized spacial score (nSPS) is 18.6. The number of hydrogen-bond acceptors (Lipinski definition) is 4. The van der Waals surface area contributed by atoms with Crippen molar-refractivity contribution in [3.8, 4) is 5.75 Å². The minimum Gasteiger partial charge on any atom is -0.489 e. The molecular formula is C32H36N2O4. The van der Waals surface area contributed by atoms with Gasteiger partial charge in [0.25, 0.3) is 0 Å². The van der Waals surface area contributed by atoms with Crippen molar-refractivity contribution >= 4 is 28.7 Å². The van der Waals surface area contributed by atoms with Crippen molar-refractivity contribution in [3.05, 3.63) is 83.4 Å². The molecule has 1 amide bonds. The predicted molar refractivity (Wildman–Crippen MR) is 150 cm³/mol. The summed E-state index contributed by atoms with van der Waals surface area (Å²) in [5, 5.41) is 15.1. The number of nitrogens with zero attached hydrogens (tertiary/aromatic N) is 1. The van der Waals surface area contributed by atoms with E-state index in [0.29, 0.717) is 19.1 Å². The van der Waals surface area contributed by atoms with E-state index in [1.165, 1.54) is 19.3 Å². The molecule has 5 rings (SSSR count). The smallest absolute Gasteiger partial charge is 0.335 e. The molecule has 0 bridgehead atoms. The van der Waals surface area contributed by atoms with Crippen molar-refractivity contribution in [2.24, 2.45) is 5.92 Å². The molecule has 1 heterocycles. The van der Waals surface area contributed by atoms with Gasteiger partial charge in [-0.05, 0) is 54.0 Å². The van der Waals surface area contributed by atoms with E-state index < -0.39 is 5.97 Å². The first-order valence-corrected chi connectivity index (χ1v) is 13.7. The van der Waals surface area contributed by atoms with Crippen LogP contribution in [0.15, 0.2) is 72.3 Å². The first kappa shape index (κ1) is 26.0. The van der Waals surface area contributed by atoms with Crippen LogP contribution >= 0.6 is 0 Å². The molecule has 2 N–H and O–H groups in total. The Bertz CT molecular complexity index is 1290. The number of ether oxygens (including phenoxy) is 1. The number of carboxylic acids is 1. The third kappa shape index (κ3) is 6.43. The number of amides is 1. The van der Waals surface area contributed by atoms with Crippen LogP contribution in [0.2, 0.25) is 0 Å². The van der Waals surface area contributed by atoms with Crippen molar-refractivity contribution in [2.75, 3.05) is 26.2 Å². The largest absolute Gasteiger partial charge is 0.489 e. The summed E-state index contributed by atoms with van der Waals surface area (Å²) in [6.45, 7) is 2.59. The highest BCUT2D eigenvalue weighted by Gasteiger charge is 2.31. The molecule has 38 heavy (non-hydrogen) atoms. The second kappa shape index (κ2) is 12.3. The summed E-state index contributed by atoms with van der Waals surface area (Å²) in [5.74, 6) is 0.444. The average molecular weight is 513 g/mol. The van der Waals surface area contributed by atoms with Gasteiger partial charge in [0.15, 0.2) is 0 Å². The Morgan fingerprint density at radius 1 is 0.947 bits per heavy atom. The summed E-state index contributed by atoms with van der Waals surface area (Å²) >= 11 is 0. The Morgan fingerprint density at radius 3 is 2.50 bits per heavy atom. The van der Waals surface area contributed by atoms with Crippen molar-refractivity contribution in [1.29, 1.82) is 0 Å². The number of carbonyl (C=O) groups is 2. The molecular weight excluding hydrogens is 476 g/mol. The Hall–Kier alpha value is -3.64. The van der Waals surface area contributed by atoms with E-state index in [1.807, 2.05) is 41.3 Å². The summed E-state index contributed by atoms with van der Waals surface area (Å²) in [6, 6.07) is 21.4. The van der Waals surface area contributed by atoms with Crippen LogP contribution in [0.3, 0.4) is 0 Å². The molecule has 2 aliphatic rings. The van der Waals surface area contributed by atoms with Gasteiger partial charge in [-0.25, -0.2) is 4.79 Å². The monoisotopic (exact) mass is 512 g/mol. The topological polar surface area (TPSA) is 78.9 Å². The third-order valence-electron chi connectivity index (χ3n) is 7.76. The van der Waals surface area contributed by atoms with Crippen LogP contribution in [0.4, 0.5) is 0 Å². The molecule has 3 aromatic rings. The van der Waals surface area contributed by atoms with E-state index in [2.05, 4.69) is 29.6 Å². The Balaban J connectivity index is 1.26. The highest BCUT2D eigenvalue weighted by atomic mass is 16.5. The maximum atomic E-state index is 13.0. The van der Waals surface area contributed by atoms with Gasteiger partial charge in [0.05, 0.1) is 5.56 Å². The Morgan fingerprint density at radius 2 is 1.71 bits per heavy atom. The van der Waals surface area contributed by atoms with Crippen LogP contribution < -0.4 is 10.1 Å². The molecule has 0 spiro atoms. The van der Waals surface area contributed by atoms with E-state index in [9.17, 15) is 14.7 Å². The van der Waals surface area contributed by atoms with Gasteiger partial charge in [0, 0.05) is 37.0 Å². The number of benzene rings is 3. The van der Waals surface area contributed by atoms with Crippen LogP contribution in [0.25, 0.3) is 16.8 Å². The van der Waals surface area contributed by atoms with E-state index in [-0.39, 0.29) is 17.5 Å². The lowest BCUT2D eigenvalue weighted by molar-refractivity contribution is -0.135. The van der Waals surface area contributed by atoms with Crippen LogP contribution in [0.5, 0.6) is 5.75 Å². The van der Waals surface area contributed by atoms with Gasteiger partial charge in [-0.15, -0.1) is 0 Å². The summed E-state index contributed by atoms with van der Waals surface area (Å²) in [4.78, 5) is 26.3. The zero-order valence-corrected chi connectivity index (χ0v) is 21.8. The molecule has 0 radical (unpaired) electrons. The zero-order valence-electron chi connectivity index (χ0n) is 21.8. The van der Waals surface area contributed by atoms with Crippen molar-refractivity contribution in [3.63, 3.8) is 0 Å².